The van der Waals surface area contributed by atoms with E-state index in [4.69, 9.17) is 5.73 Å². The van der Waals surface area contributed by atoms with Gasteiger partial charge in [-0.2, -0.15) is 5.26 Å². The van der Waals surface area contributed by atoms with Crippen LogP contribution in [0.5, 0.6) is 0 Å². The summed E-state index contributed by atoms with van der Waals surface area (Å²) in [5.74, 6) is -0.401. The highest BCUT2D eigenvalue weighted by molar-refractivity contribution is 6.01. The molecule has 0 aromatic heterocycles. The van der Waals surface area contributed by atoms with Gasteiger partial charge in [-0.15, -0.1) is 0 Å². The Balaban J connectivity index is 1.96. The van der Waals surface area contributed by atoms with Crippen molar-refractivity contribution in [1.82, 2.24) is 0 Å². The first-order valence-electron chi connectivity index (χ1n) is 10.4. The standard InChI is InChI=1S/C25H24N4O3/c1-15-4-8-17(9-5-15)28-20-12-25(2,3)13-21(30)23(20)22(19(14-26)24(28)27)16-6-10-18(11-7-16)29(31)32/h4-11,22H,12-13,27H2,1-3H3/t22-/m0/s1. The van der Waals surface area contributed by atoms with Gasteiger partial charge < -0.3 is 5.73 Å². The SMILES string of the molecule is Cc1ccc(N2C(N)=C(C#N)[C@H](c3ccc([N+](=O)[O-])cc3)C3=C2CC(C)(C)CC3=O)cc1. The molecule has 32 heavy (non-hydrogen) atoms. The van der Waals surface area contributed by atoms with E-state index in [0.717, 1.165) is 16.9 Å². The molecule has 7 nitrogen and oxygen atoms in total. The summed E-state index contributed by atoms with van der Waals surface area (Å²) in [5.41, 5.74) is 10.4. The number of nitro benzene ring substituents is 1. The summed E-state index contributed by atoms with van der Waals surface area (Å²) in [6, 6.07) is 16.0. The van der Waals surface area contributed by atoms with Crippen molar-refractivity contribution in [2.24, 2.45) is 11.1 Å². The molecule has 1 heterocycles. The fourth-order valence-electron chi connectivity index (χ4n) is 4.62. The molecule has 0 saturated carbocycles. The molecule has 1 aliphatic carbocycles. The van der Waals surface area contributed by atoms with Gasteiger partial charge in [-0.05, 0) is 36.5 Å². The number of nitrogens with zero attached hydrogens (tertiary/aromatic N) is 3. The van der Waals surface area contributed by atoms with Crippen LogP contribution in [-0.4, -0.2) is 10.7 Å². The van der Waals surface area contributed by atoms with E-state index in [1.807, 2.05) is 49.9 Å². The summed E-state index contributed by atoms with van der Waals surface area (Å²) in [5, 5.41) is 21.2. The molecule has 4 rings (SSSR count). The zero-order valence-electron chi connectivity index (χ0n) is 18.3. The molecule has 0 unspecified atom stereocenters. The van der Waals surface area contributed by atoms with E-state index in [1.54, 1.807) is 12.1 Å². The van der Waals surface area contributed by atoms with Crippen LogP contribution in [0.4, 0.5) is 11.4 Å². The van der Waals surface area contributed by atoms with E-state index in [0.29, 0.717) is 24.0 Å². The van der Waals surface area contributed by atoms with Gasteiger partial charge in [-0.3, -0.25) is 19.8 Å². The Labute approximate surface area is 186 Å². The first-order valence-corrected chi connectivity index (χ1v) is 10.4. The molecule has 0 bridgehead atoms. The first-order chi connectivity index (χ1) is 15.1. The number of nitriles is 1. The lowest BCUT2D eigenvalue weighted by Crippen LogP contribution is -2.42. The second kappa shape index (κ2) is 7.65. The van der Waals surface area contributed by atoms with Gasteiger partial charge >= 0.3 is 0 Å². The number of hydrogen-bond donors (Lipinski definition) is 1. The topological polar surface area (TPSA) is 113 Å². The van der Waals surface area contributed by atoms with E-state index in [1.165, 1.54) is 12.1 Å². The number of nitrogens with two attached hydrogens (primary N) is 1. The van der Waals surface area contributed by atoms with Gasteiger partial charge in [-0.25, -0.2) is 0 Å². The molecule has 162 valence electrons. The fraction of sp³-hybridized carbons (Fsp3) is 0.280. The third-order valence-corrected chi connectivity index (χ3v) is 6.11. The van der Waals surface area contributed by atoms with Crippen LogP contribution in [0.25, 0.3) is 0 Å². The molecule has 0 radical (unpaired) electrons. The van der Waals surface area contributed by atoms with Crippen molar-refractivity contribution in [3.8, 4) is 6.07 Å². The minimum Gasteiger partial charge on any atom is -0.384 e. The average molecular weight is 428 g/mol. The largest absolute Gasteiger partial charge is 0.384 e. The Bertz CT molecular complexity index is 1220. The van der Waals surface area contributed by atoms with Crippen LogP contribution in [-0.2, 0) is 4.79 Å². The summed E-state index contributed by atoms with van der Waals surface area (Å²) in [6.45, 7) is 6.08. The average Bonchev–Trinajstić information content (AvgIpc) is 2.73. The van der Waals surface area contributed by atoms with Gasteiger partial charge in [-0.1, -0.05) is 43.7 Å². The third-order valence-electron chi connectivity index (χ3n) is 6.11. The number of allylic oxidation sites excluding steroid dienone is 3. The van der Waals surface area contributed by atoms with Crippen LogP contribution in [0.15, 0.2) is 71.2 Å². The van der Waals surface area contributed by atoms with Gasteiger partial charge in [0.1, 0.15) is 5.82 Å². The molecular weight excluding hydrogens is 404 g/mol. The number of Topliss-reactive ketones (excluding diaryl/α,β-unsaturated/α-hetero) is 1. The van der Waals surface area contributed by atoms with Crippen LogP contribution >= 0.6 is 0 Å². The molecule has 0 amide bonds. The van der Waals surface area contributed by atoms with Gasteiger partial charge in [0, 0.05) is 35.5 Å². The van der Waals surface area contributed by atoms with Gasteiger partial charge in [0.2, 0.25) is 0 Å². The Morgan fingerprint density at radius 3 is 2.31 bits per heavy atom. The van der Waals surface area contributed by atoms with Crippen LogP contribution in [0.3, 0.4) is 0 Å². The summed E-state index contributed by atoms with van der Waals surface area (Å²) >= 11 is 0. The molecule has 2 aromatic rings. The zero-order chi connectivity index (χ0) is 23.2. The Hall–Kier alpha value is -3.92. The molecule has 0 fully saturated rings. The molecule has 2 aromatic carbocycles. The van der Waals surface area contributed by atoms with Crippen molar-refractivity contribution in [2.45, 2.75) is 39.5 Å². The Morgan fingerprint density at radius 1 is 1.12 bits per heavy atom. The van der Waals surface area contributed by atoms with E-state index < -0.39 is 10.8 Å². The van der Waals surface area contributed by atoms with E-state index in [2.05, 4.69) is 6.07 Å². The van der Waals surface area contributed by atoms with E-state index in [-0.39, 0.29) is 28.3 Å². The molecular formula is C25H24N4O3. The minimum atomic E-state index is -0.652. The number of ketones is 1. The van der Waals surface area contributed by atoms with Crippen molar-refractivity contribution < 1.29 is 9.72 Å². The van der Waals surface area contributed by atoms with Gasteiger partial charge in [0.15, 0.2) is 5.78 Å². The van der Waals surface area contributed by atoms with Crippen molar-refractivity contribution in [3.63, 3.8) is 0 Å². The summed E-state index contributed by atoms with van der Waals surface area (Å²) in [6.07, 6.45) is 0.973. The Kier molecular flexibility index (Phi) is 5.09. The number of benzene rings is 2. The number of aryl methyl sites for hydroxylation is 1. The maximum Gasteiger partial charge on any atom is 0.269 e. The van der Waals surface area contributed by atoms with Crippen LogP contribution in [0, 0.1) is 33.8 Å². The third kappa shape index (κ3) is 3.54. The maximum absolute atomic E-state index is 13.4. The number of anilines is 1. The van der Waals surface area contributed by atoms with E-state index >= 15 is 0 Å². The molecule has 1 atom stereocenters. The molecule has 0 saturated heterocycles. The summed E-state index contributed by atoms with van der Waals surface area (Å²) in [4.78, 5) is 25.9. The maximum atomic E-state index is 13.4. The number of carbonyl (C=O) groups is 1. The molecule has 2 N–H and O–H groups in total. The second-order valence-electron chi connectivity index (χ2n) is 9.16. The number of non-ortho nitro benzene ring substituents is 1. The summed E-state index contributed by atoms with van der Waals surface area (Å²) in [7, 11) is 0. The lowest BCUT2D eigenvalue weighted by molar-refractivity contribution is -0.384. The fourth-order valence-corrected chi connectivity index (χ4v) is 4.62. The number of nitro groups is 1. The normalized spacial score (nSPS) is 20.1. The lowest BCUT2D eigenvalue weighted by atomic mass is 9.68. The van der Waals surface area contributed by atoms with Crippen molar-refractivity contribution >= 4 is 17.2 Å². The van der Waals surface area contributed by atoms with Crippen molar-refractivity contribution in [2.75, 3.05) is 4.90 Å². The highest BCUT2D eigenvalue weighted by Crippen LogP contribution is 2.50. The van der Waals surface area contributed by atoms with Crippen LogP contribution < -0.4 is 10.6 Å². The van der Waals surface area contributed by atoms with Crippen molar-refractivity contribution in [1.29, 1.82) is 5.26 Å². The highest BCUT2D eigenvalue weighted by atomic mass is 16.6. The molecule has 2 aliphatic rings. The predicted molar refractivity (Wildman–Crippen MR) is 121 cm³/mol. The molecule has 0 spiro atoms. The van der Waals surface area contributed by atoms with Crippen LogP contribution in [0.1, 0.15) is 43.7 Å². The second-order valence-corrected chi connectivity index (χ2v) is 9.16. The zero-order valence-corrected chi connectivity index (χ0v) is 18.3. The summed E-state index contributed by atoms with van der Waals surface area (Å²) < 4.78 is 0. The quantitative estimate of drug-likeness (QED) is 0.552. The number of rotatable bonds is 3. The molecule has 7 heteroatoms. The monoisotopic (exact) mass is 428 g/mol. The lowest BCUT2D eigenvalue weighted by Gasteiger charge is -2.43. The van der Waals surface area contributed by atoms with Crippen LogP contribution in [0.2, 0.25) is 0 Å². The minimum absolute atomic E-state index is 0.0306. The van der Waals surface area contributed by atoms with Gasteiger partial charge in [0.05, 0.1) is 22.5 Å². The number of hydrogen-bond acceptors (Lipinski definition) is 6. The predicted octanol–water partition coefficient (Wildman–Crippen LogP) is 4.84. The number of carbonyl (C=O) groups excluding carboxylic acids is 1. The van der Waals surface area contributed by atoms with Crippen molar-refractivity contribution in [3.05, 3.63) is 92.4 Å². The highest BCUT2D eigenvalue weighted by Gasteiger charge is 2.44. The smallest absolute Gasteiger partial charge is 0.269 e. The van der Waals surface area contributed by atoms with E-state index in [9.17, 15) is 20.2 Å². The van der Waals surface area contributed by atoms with Gasteiger partial charge in [0.25, 0.3) is 5.69 Å². The Morgan fingerprint density at radius 2 is 1.75 bits per heavy atom. The first kappa shape index (κ1) is 21.3. The molecule has 1 aliphatic heterocycles.